The number of aryl methyl sites for hydroxylation is 4. The molecule has 6 aromatic rings. The summed E-state index contributed by atoms with van der Waals surface area (Å²) < 4.78 is 64.0. The predicted octanol–water partition coefficient (Wildman–Crippen LogP) is 10.5. The highest BCUT2D eigenvalue weighted by Crippen LogP contribution is 2.39. The summed E-state index contributed by atoms with van der Waals surface area (Å²) in [5, 5.41) is 51.3. The number of nitrogens with zero attached hydrogens (tertiary/aromatic N) is 6. The Balaban J connectivity index is 0.00000153. The second kappa shape index (κ2) is 18.5. The van der Waals surface area contributed by atoms with E-state index in [9.17, 15) is 23.2 Å². The maximum Gasteiger partial charge on any atom is 0.425 e. The molecule has 0 aliphatic carbocycles. The van der Waals surface area contributed by atoms with Gasteiger partial charge in [-0.3, -0.25) is 4.55 Å². The smallest absolute Gasteiger partial charge is 0.425 e. The fourth-order valence-corrected chi connectivity index (χ4v) is 6.25. The lowest BCUT2D eigenvalue weighted by molar-refractivity contribution is 0.281. The van der Waals surface area contributed by atoms with Crippen molar-refractivity contribution in [3.63, 3.8) is 0 Å². The van der Waals surface area contributed by atoms with Crippen LogP contribution in [0.5, 0.6) is 11.5 Å². The van der Waals surface area contributed by atoms with Gasteiger partial charge in [0.2, 0.25) is 0 Å². The molecule has 58 heavy (non-hydrogen) atoms. The Morgan fingerprint density at radius 3 is 1.52 bits per heavy atom. The Kier molecular flexibility index (Phi) is 13.5. The molecule has 0 heterocycles. The van der Waals surface area contributed by atoms with Gasteiger partial charge < -0.3 is 20.3 Å². The number of phenolic OH excluding ortho intramolecular Hbond substituents is 1. The van der Waals surface area contributed by atoms with E-state index in [1.165, 1.54) is 12.1 Å². The molecule has 4 N–H and O–H groups in total. The number of hydrogen-bond acceptors (Lipinski definition) is 15. The molecular weight excluding hydrogens is 787 g/mol. The molecule has 0 aromatic heterocycles. The zero-order chi connectivity index (χ0) is 42.1. The summed E-state index contributed by atoms with van der Waals surface area (Å²) in [6.07, 6.45) is 0. The molecule has 0 amide bonds. The van der Waals surface area contributed by atoms with Crippen LogP contribution in [0.3, 0.4) is 0 Å². The molecule has 0 aliphatic heterocycles. The van der Waals surface area contributed by atoms with E-state index in [1.807, 2.05) is 88.4 Å². The number of ether oxygens (including phenoxy) is 1. The number of fused-ring (bicyclic) bond motifs is 1. The summed E-state index contributed by atoms with van der Waals surface area (Å²) in [6, 6.07) is 28.2. The summed E-state index contributed by atoms with van der Waals surface area (Å²) in [5.41, 5.74) is 7.81. The number of benzene rings is 6. The van der Waals surface area contributed by atoms with Gasteiger partial charge in [0, 0.05) is 16.8 Å². The van der Waals surface area contributed by atoms with E-state index in [0.29, 0.717) is 45.0 Å². The van der Waals surface area contributed by atoms with Crippen LogP contribution in [0, 0.1) is 27.7 Å². The van der Waals surface area contributed by atoms with Crippen molar-refractivity contribution < 1.29 is 40.5 Å². The van der Waals surface area contributed by atoms with E-state index in [4.69, 9.17) is 17.4 Å². The molecule has 18 heteroatoms. The van der Waals surface area contributed by atoms with Crippen molar-refractivity contribution in [2.45, 2.75) is 39.2 Å². The maximum atomic E-state index is 11.9. The summed E-state index contributed by atoms with van der Waals surface area (Å²) in [6.45, 7) is 7.05. The molecule has 0 atom stereocenters. The van der Waals surface area contributed by atoms with E-state index in [0.717, 1.165) is 45.3 Å². The Bertz CT molecular complexity index is 2820. The third-order valence-electron chi connectivity index (χ3n) is 8.66. The Morgan fingerprint density at radius 1 is 0.603 bits per heavy atom. The number of aromatic hydroxyl groups is 1. The average Bonchev–Trinajstić information content (AvgIpc) is 3.18. The van der Waals surface area contributed by atoms with Gasteiger partial charge in [0.15, 0.2) is 5.75 Å². The lowest BCUT2D eigenvalue weighted by Crippen LogP contribution is -1.99. The van der Waals surface area contributed by atoms with Gasteiger partial charge in [-0.15, -0.1) is 22.9 Å². The highest BCUT2D eigenvalue weighted by atomic mass is 32.2. The first-order valence-corrected chi connectivity index (χ1v) is 19.6. The van der Waals surface area contributed by atoms with Crippen LogP contribution < -0.4 is 10.1 Å². The van der Waals surface area contributed by atoms with Crippen LogP contribution in [0.25, 0.3) is 10.8 Å². The third kappa shape index (κ3) is 10.8. The minimum Gasteiger partial charge on any atom is -0.505 e. The summed E-state index contributed by atoms with van der Waals surface area (Å²) in [7, 11) is -6.08. The number of aliphatic hydroxyl groups excluding tert-OH is 1. The van der Waals surface area contributed by atoms with Gasteiger partial charge in [-0.1, -0.05) is 12.1 Å². The molecule has 6 aromatic carbocycles. The van der Waals surface area contributed by atoms with Crippen molar-refractivity contribution in [3.8, 4) is 11.5 Å². The molecular formula is C40H37N7O9S2. The van der Waals surface area contributed by atoms with Crippen LogP contribution in [0.4, 0.5) is 45.5 Å². The zero-order valence-electron chi connectivity index (χ0n) is 31.7. The average molecular weight is 824 g/mol. The molecule has 298 valence electrons. The first kappa shape index (κ1) is 42.4. The van der Waals surface area contributed by atoms with E-state index in [1.54, 1.807) is 25.3 Å². The van der Waals surface area contributed by atoms with Gasteiger partial charge in [0.05, 0.1) is 36.5 Å². The fraction of sp³-hybridized carbons (Fsp3) is 0.150. The summed E-state index contributed by atoms with van der Waals surface area (Å²) in [4.78, 5) is -0.448. The highest BCUT2D eigenvalue weighted by molar-refractivity contribution is 7.86. The van der Waals surface area contributed by atoms with Crippen LogP contribution in [-0.2, 0) is 27.3 Å². The standard InChI is InChI=1S/C40H37N7O6S.O3S/c1-23-18-37(25(3)16-35(23)44-42-33-14-6-27(22-48)20-39(33)54(50,51)52)46-47-38-19-24(2)36(17-26(38)4)45-43-34-15-7-28-21-30(10-13-32(28)40(34)49)41-29-8-11-31(53-5)12-9-29;1-4(2)3/h6-21,41,48-49H,22H2,1-5H3,(H,50,51,52);. The van der Waals surface area contributed by atoms with Crippen molar-refractivity contribution in [1.82, 2.24) is 0 Å². The molecule has 0 saturated heterocycles. The summed E-state index contributed by atoms with van der Waals surface area (Å²) >= 11 is 0. The van der Waals surface area contributed by atoms with Gasteiger partial charge in [-0.05, 0) is 146 Å². The van der Waals surface area contributed by atoms with Crippen molar-refractivity contribution in [3.05, 3.63) is 125 Å². The van der Waals surface area contributed by atoms with Crippen LogP contribution >= 0.6 is 0 Å². The molecule has 0 saturated carbocycles. The van der Waals surface area contributed by atoms with Gasteiger partial charge in [-0.2, -0.15) is 28.9 Å². The van der Waals surface area contributed by atoms with Crippen molar-refractivity contribution in [1.29, 1.82) is 0 Å². The third-order valence-corrected chi connectivity index (χ3v) is 9.54. The first-order valence-electron chi connectivity index (χ1n) is 17.2. The number of azo groups is 3. The monoisotopic (exact) mass is 823 g/mol. The highest BCUT2D eigenvalue weighted by Gasteiger charge is 2.17. The minimum absolute atomic E-state index is 0.0322. The maximum absolute atomic E-state index is 11.9. The van der Waals surface area contributed by atoms with E-state index < -0.39 is 32.2 Å². The lowest BCUT2D eigenvalue weighted by atomic mass is 10.1. The molecule has 16 nitrogen and oxygen atoms in total. The number of phenols is 1. The van der Waals surface area contributed by atoms with Gasteiger partial charge in [0.1, 0.15) is 22.0 Å². The molecule has 0 spiro atoms. The molecule has 6 rings (SSSR count). The van der Waals surface area contributed by atoms with Crippen LogP contribution in [0.1, 0.15) is 27.8 Å². The van der Waals surface area contributed by atoms with E-state index in [-0.39, 0.29) is 11.4 Å². The fourth-order valence-electron chi connectivity index (χ4n) is 5.57. The SMILES string of the molecule is COc1ccc(Nc2ccc3c(O)c(N=Nc4cc(C)c(N=Nc5cc(C)c(N=Nc6ccc(CO)cc6S(=O)(=O)O)cc5C)cc4C)ccc3c2)cc1.O=S(=O)=O. The molecule has 0 bridgehead atoms. The van der Waals surface area contributed by atoms with Crippen molar-refractivity contribution in [2.75, 3.05) is 12.4 Å². The Morgan fingerprint density at radius 2 is 1.05 bits per heavy atom. The van der Waals surface area contributed by atoms with Crippen molar-refractivity contribution in [2.24, 2.45) is 30.7 Å². The number of methoxy groups -OCH3 is 1. The minimum atomic E-state index is -4.59. The quantitative estimate of drug-likeness (QED) is 0.0711. The second-order valence-corrected chi connectivity index (χ2v) is 14.6. The van der Waals surface area contributed by atoms with Crippen LogP contribution in [0.2, 0.25) is 0 Å². The lowest BCUT2D eigenvalue weighted by Gasteiger charge is -2.10. The number of nitrogens with one attached hydrogen (secondary N) is 1. The topological polar surface area (TPSA) is 241 Å². The number of rotatable bonds is 11. The van der Waals surface area contributed by atoms with Crippen LogP contribution in [-0.4, -0.2) is 42.9 Å². The normalized spacial score (nSPS) is 11.6. The number of hydrogen-bond donors (Lipinski definition) is 4. The zero-order valence-corrected chi connectivity index (χ0v) is 33.4. The second-order valence-electron chi connectivity index (χ2n) is 12.8. The largest absolute Gasteiger partial charge is 0.505 e. The molecule has 0 radical (unpaired) electrons. The predicted molar refractivity (Wildman–Crippen MR) is 218 cm³/mol. The first-order chi connectivity index (χ1) is 27.6. The Hall–Kier alpha value is -6.73. The van der Waals surface area contributed by atoms with Crippen LogP contribution in [0.15, 0.2) is 133 Å². The molecule has 0 fully saturated rings. The van der Waals surface area contributed by atoms with Gasteiger partial charge in [0.25, 0.3) is 10.1 Å². The summed E-state index contributed by atoms with van der Waals surface area (Å²) in [5.74, 6) is 0.807. The van der Waals surface area contributed by atoms with E-state index in [2.05, 4.69) is 36.0 Å². The van der Waals surface area contributed by atoms with Gasteiger partial charge in [-0.25, -0.2) is 0 Å². The van der Waals surface area contributed by atoms with E-state index >= 15 is 0 Å². The number of anilines is 2. The molecule has 0 aliphatic rings. The Labute approximate surface area is 335 Å². The van der Waals surface area contributed by atoms with Gasteiger partial charge >= 0.3 is 10.6 Å². The van der Waals surface area contributed by atoms with Crippen molar-refractivity contribution >= 4 is 77.0 Å². The molecule has 0 unspecified atom stereocenters. The number of aliphatic hydroxyl groups is 1.